The number of hydrogen-bond acceptors (Lipinski definition) is 4. The summed E-state index contributed by atoms with van der Waals surface area (Å²) in [6.07, 6.45) is 1.58. The fourth-order valence-electron chi connectivity index (χ4n) is 1.36. The Morgan fingerprint density at radius 3 is 2.78 bits per heavy atom. The van der Waals surface area contributed by atoms with Crippen LogP contribution in [0.1, 0.15) is 16.8 Å². The van der Waals surface area contributed by atoms with Gasteiger partial charge in [0.25, 0.3) is 0 Å². The highest BCUT2D eigenvalue weighted by atomic mass is 35.5. The van der Waals surface area contributed by atoms with E-state index in [2.05, 4.69) is 0 Å². The van der Waals surface area contributed by atoms with Gasteiger partial charge in [-0.15, -0.1) is 0 Å². The van der Waals surface area contributed by atoms with Crippen molar-refractivity contribution in [2.45, 2.75) is 6.42 Å². The third kappa shape index (κ3) is 5.49. The van der Waals surface area contributed by atoms with Crippen LogP contribution in [0.25, 0.3) is 0 Å². The number of carbonyl (C=O) groups is 1. The summed E-state index contributed by atoms with van der Waals surface area (Å²) in [5, 5.41) is 0.514. The van der Waals surface area contributed by atoms with Gasteiger partial charge in [0.05, 0.1) is 12.2 Å². The van der Waals surface area contributed by atoms with E-state index in [1.165, 1.54) is 0 Å². The van der Waals surface area contributed by atoms with E-state index in [-0.39, 0.29) is 0 Å². The Labute approximate surface area is 112 Å². The van der Waals surface area contributed by atoms with Crippen LogP contribution < -0.4 is 4.74 Å². The summed E-state index contributed by atoms with van der Waals surface area (Å²) in [5.41, 5.74) is 0.446. The van der Waals surface area contributed by atoms with E-state index in [1.54, 1.807) is 25.3 Å². The molecular weight excluding hydrogens is 256 g/mol. The summed E-state index contributed by atoms with van der Waals surface area (Å²) < 4.78 is 15.7. The Balaban J connectivity index is 2.25. The number of carbonyl (C=O) groups excluding carboxylic acids is 1. The minimum atomic E-state index is 0.398. The van der Waals surface area contributed by atoms with Gasteiger partial charge in [-0.25, -0.2) is 0 Å². The van der Waals surface area contributed by atoms with Crippen molar-refractivity contribution in [1.82, 2.24) is 0 Å². The zero-order chi connectivity index (χ0) is 13.2. The molecule has 0 saturated heterocycles. The number of benzene rings is 1. The van der Waals surface area contributed by atoms with E-state index in [0.717, 1.165) is 12.7 Å². The molecule has 0 amide bonds. The first-order valence-corrected chi connectivity index (χ1v) is 6.10. The van der Waals surface area contributed by atoms with Gasteiger partial charge in [0.2, 0.25) is 0 Å². The molecule has 0 heterocycles. The molecule has 100 valence electrons. The summed E-state index contributed by atoms with van der Waals surface area (Å²) >= 11 is 5.78. The van der Waals surface area contributed by atoms with Gasteiger partial charge in [-0.05, 0) is 24.6 Å². The first-order chi connectivity index (χ1) is 8.77. The lowest BCUT2D eigenvalue weighted by Crippen LogP contribution is -2.09. The van der Waals surface area contributed by atoms with Crippen molar-refractivity contribution in [1.29, 1.82) is 0 Å². The maximum absolute atomic E-state index is 10.8. The van der Waals surface area contributed by atoms with Gasteiger partial charge >= 0.3 is 0 Å². The van der Waals surface area contributed by atoms with Gasteiger partial charge in [0, 0.05) is 25.3 Å². The summed E-state index contributed by atoms with van der Waals surface area (Å²) in [7, 11) is 1.66. The molecule has 0 unspecified atom stereocenters. The van der Waals surface area contributed by atoms with E-state index < -0.39 is 0 Å². The van der Waals surface area contributed by atoms with Gasteiger partial charge in [0.1, 0.15) is 12.4 Å². The van der Waals surface area contributed by atoms with Gasteiger partial charge in [0.15, 0.2) is 6.29 Å². The molecule has 1 aromatic rings. The molecule has 18 heavy (non-hydrogen) atoms. The lowest BCUT2D eigenvalue weighted by atomic mass is 10.2. The van der Waals surface area contributed by atoms with Crippen LogP contribution in [0, 0.1) is 0 Å². The van der Waals surface area contributed by atoms with E-state index in [4.69, 9.17) is 25.8 Å². The van der Waals surface area contributed by atoms with Crippen LogP contribution in [0.15, 0.2) is 18.2 Å². The predicted molar refractivity (Wildman–Crippen MR) is 69.6 cm³/mol. The van der Waals surface area contributed by atoms with E-state index in [0.29, 0.717) is 42.8 Å². The highest BCUT2D eigenvalue weighted by molar-refractivity contribution is 6.30. The SMILES string of the molecule is COCCCOCCOc1ccc(Cl)cc1C=O. The highest BCUT2D eigenvalue weighted by Gasteiger charge is 2.03. The second-order valence-electron chi connectivity index (χ2n) is 3.61. The standard InChI is InChI=1S/C13H17ClO4/c1-16-5-2-6-17-7-8-18-13-4-3-12(14)9-11(13)10-15/h3-4,9-10H,2,5-8H2,1H3. The highest BCUT2D eigenvalue weighted by Crippen LogP contribution is 2.21. The summed E-state index contributed by atoms with van der Waals surface area (Å²) in [6, 6.07) is 4.93. The quantitative estimate of drug-likeness (QED) is 0.512. The Hall–Kier alpha value is -1.10. The van der Waals surface area contributed by atoms with E-state index >= 15 is 0 Å². The molecule has 0 atom stereocenters. The van der Waals surface area contributed by atoms with Crippen molar-refractivity contribution >= 4 is 17.9 Å². The number of ether oxygens (including phenoxy) is 3. The largest absolute Gasteiger partial charge is 0.490 e. The lowest BCUT2D eigenvalue weighted by molar-refractivity contribution is 0.0802. The summed E-state index contributed by atoms with van der Waals surface area (Å²) in [6.45, 7) is 2.20. The molecule has 0 radical (unpaired) electrons. The van der Waals surface area contributed by atoms with Gasteiger partial charge < -0.3 is 14.2 Å². The van der Waals surface area contributed by atoms with Crippen LogP contribution in [0.5, 0.6) is 5.75 Å². The maximum atomic E-state index is 10.8. The molecule has 4 nitrogen and oxygen atoms in total. The second-order valence-corrected chi connectivity index (χ2v) is 4.04. The third-order valence-electron chi connectivity index (χ3n) is 2.22. The molecule has 1 rings (SSSR count). The van der Waals surface area contributed by atoms with Gasteiger partial charge in [-0.3, -0.25) is 4.79 Å². The van der Waals surface area contributed by atoms with Crippen LogP contribution in [0.4, 0.5) is 0 Å². The summed E-state index contributed by atoms with van der Waals surface area (Å²) in [4.78, 5) is 10.8. The topological polar surface area (TPSA) is 44.8 Å². The first kappa shape index (κ1) is 15.0. The average molecular weight is 273 g/mol. The molecule has 0 spiro atoms. The Bertz CT molecular complexity index is 368. The molecule has 0 saturated carbocycles. The molecular formula is C13H17ClO4. The maximum Gasteiger partial charge on any atom is 0.153 e. The van der Waals surface area contributed by atoms with Crippen molar-refractivity contribution in [3.8, 4) is 5.75 Å². The molecule has 0 N–H and O–H groups in total. The van der Waals surface area contributed by atoms with Crippen molar-refractivity contribution in [3.63, 3.8) is 0 Å². The van der Waals surface area contributed by atoms with E-state index in [1.807, 2.05) is 0 Å². The van der Waals surface area contributed by atoms with Crippen molar-refractivity contribution in [2.75, 3.05) is 33.5 Å². The van der Waals surface area contributed by atoms with Crippen LogP contribution >= 0.6 is 11.6 Å². The smallest absolute Gasteiger partial charge is 0.153 e. The number of rotatable bonds is 9. The van der Waals surface area contributed by atoms with Crippen LogP contribution in [-0.2, 0) is 9.47 Å². The number of aldehydes is 1. The van der Waals surface area contributed by atoms with Crippen LogP contribution in [0.3, 0.4) is 0 Å². The minimum Gasteiger partial charge on any atom is -0.490 e. The number of hydrogen-bond donors (Lipinski definition) is 0. The van der Waals surface area contributed by atoms with Gasteiger partial charge in [-0.1, -0.05) is 11.6 Å². The molecule has 0 aliphatic heterocycles. The molecule has 1 aromatic carbocycles. The molecule has 0 aromatic heterocycles. The Morgan fingerprint density at radius 1 is 1.22 bits per heavy atom. The zero-order valence-electron chi connectivity index (χ0n) is 10.4. The molecule has 0 aliphatic carbocycles. The molecule has 0 aliphatic rings. The number of halogens is 1. The van der Waals surface area contributed by atoms with Crippen LogP contribution in [-0.4, -0.2) is 39.8 Å². The lowest BCUT2D eigenvalue weighted by Gasteiger charge is -2.09. The van der Waals surface area contributed by atoms with Crippen LogP contribution in [0.2, 0.25) is 5.02 Å². The average Bonchev–Trinajstić information content (AvgIpc) is 2.39. The Morgan fingerprint density at radius 2 is 2.06 bits per heavy atom. The molecule has 0 fully saturated rings. The molecule has 5 heteroatoms. The van der Waals surface area contributed by atoms with Gasteiger partial charge in [-0.2, -0.15) is 0 Å². The normalized spacial score (nSPS) is 10.3. The fourth-order valence-corrected chi connectivity index (χ4v) is 1.54. The van der Waals surface area contributed by atoms with Crippen molar-refractivity contribution < 1.29 is 19.0 Å². The number of methoxy groups -OCH3 is 1. The molecule has 0 bridgehead atoms. The predicted octanol–water partition coefficient (Wildman–Crippen LogP) is 2.58. The fraction of sp³-hybridized carbons (Fsp3) is 0.462. The van der Waals surface area contributed by atoms with E-state index in [9.17, 15) is 4.79 Å². The summed E-state index contributed by atoms with van der Waals surface area (Å²) in [5.74, 6) is 0.523. The van der Waals surface area contributed by atoms with Crippen molar-refractivity contribution in [2.24, 2.45) is 0 Å². The zero-order valence-corrected chi connectivity index (χ0v) is 11.1. The second kappa shape index (κ2) is 8.91. The minimum absolute atomic E-state index is 0.398. The monoisotopic (exact) mass is 272 g/mol. The Kier molecular flexibility index (Phi) is 7.41. The van der Waals surface area contributed by atoms with Crippen molar-refractivity contribution in [3.05, 3.63) is 28.8 Å². The third-order valence-corrected chi connectivity index (χ3v) is 2.46. The first-order valence-electron chi connectivity index (χ1n) is 5.72.